The number of cyclic esters (lactones) is 1. The van der Waals surface area contributed by atoms with E-state index in [9.17, 15) is 9.59 Å². The molecule has 2 aromatic carbocycles. The number of ether oxygens (including phenoxy) is 3. The summed E-state index contributed by atoms with van der Waals surface area (Å²) in [6, 6.07) is 17.1. The van der Waals surface area contributed by atoms with E-state index in [2.05, 4.69) is 0 Å². The molecule has 0 spiro atoms. The molecule has 6 nitrogen and oxygen atoms in total. The summed E-state index contributed by atoms with van der Waals surface area (Å²) in [7, 11) is 1.51. The zero-order valence-corrected chi connectivity index (χ0v) is 15.3. The first-order valence-corrected chi connectivity index (χ1v) is 8.88. The predicted molar refractivity (Wildman–Crippen MR) is 99.8 cm³/mol. The van der Waals surface area contributed by atoms with Gasteiger partial charge < -0.3 is 19.1 Å². The minimum absolute atomic E-state index is 0.0340. The molecule has 142 valence electrons. The molecule has 0 aliphatic carbocycles. The monoisotopic (exact) mass is 369 g/mol. The van der Waals surface area contributed by atoms with Gasteiger partial charge in [-0.1, -0.05) is 42.5 Å². The number of hydrogen-bond acceptors (Lipinski definition) is 5. The van der Waals surface area contributed by atoms with E-state index in [1.807, 2.05) is 54.6 Å². The highest BCUT2D eigenvalue weighted by Crippen LogP contribution is 2.25. The average molecular weight is 369 g/mol. The Morgan fingerprint density at radius 2 is 1.89 bits per heavy atom. The summed E-state index contributed by atoms with van der Waals surface area (Å²) in [5.41, 5.74) is 1.91. The zero-order chi connectivity index (χ0) is 19.1. The van der Waals surface area contributed by atoms with Crippen LogP contribution in [0.1, 0.15) is 17.2 Å². The van der Waals surface area contributed by atoms with Crippen LogP contribution in [0.5, 0.6) is 5.75 Å². The molecule has 27 heavy (non-hydrogen) atoms. The largest absolute Gasteiger partial charge is 0.492 e. The Kier molecular flexibility index (Phi) is 6.44. The number of Topliss-reactive ketones (excluding diaryl/α,β-unsaturated/α-hetero) is 1. The van der Waals surface area contributed by atoms with Crippen LogP contribution in [0.15, 0.2) is 54.6 Å². The number of hydrogen-bond donors (Lipinski definition) is 0. The van der Waals surface area contributed by atoms with Crippen molar-refractivity contribution in [1.82, 2.24) is 4.90 Å². The number of rotatable bonds is 9. The van der Waals surface area contributed by atoms with Crippen molar-refractivity contribution in [3.05, 3.63) is 65.7 Å². The van der Waals surface area contributed by atoms with Crippen LogP contribution in [0.3, 0.4) is 0 Å². The van der Waals surface area contributed by atoms with Crippen LogP contribution in [-0.4, -0.2) is 50.2 Å². The molecule has 0 N–H and O–H groups in total. The SMILES string of the molecule is COCC(=O)Cc1ccc(OCCN2CC(c3ccccc3)OC2=O)cc1. The molecule has 1 amide bonds. The van der Waals surface area contributed by atoms with E-state index < -0.39 is 0 Å². The molecule has 1 saturated heterocycles. The Morgan fingerprint density at radius 3 is 2.59 bits per heavy atom. The second kappa shape index (κ2) is 9.19. The van der Waals surface area contributed by atoms with Crippen LogP contribution >= 0.6 is 0 Å². The van der Waals surface area contributed by atoms with Gasteiger partial charge in [0.25, 0.3) is 0 Å². The van der Waals surface area contributed by atoms with Crippen LogP contribution in [0, 0.1) is 0 Å². The molecule has 1 aliphatic rings. The highest BCUT2D eigenvalue weighted by atomic mass is 16.6. The highest BCUT2D eigenvalue weighted by molar-refractivity contribution is 5.82. The molecule has 6 heteroatoms. The summed E-state index contributed by atoms with van der Waals surface area (Å²) in [6.45, 7) is 1.47. The fourth-order valence-corrected chi connectivity index (χ4v) is 2.95. The predicted octanol–water partition coefficient (Wildman–Crippen LogP) is 3.02. The molecule has 0 aromatic heterocycles. The van der Waals surface area contributed by atoms with Gasteiger partial charge in [-0.25, -0.2) is 4.79 Å². The van der Waals surface area contributed by atoms with Crippen molar-refractivity contribution in [2.24, 2.45) is 0 Å². The number of methoxy groups -OCH3 is 1. The minimum atomic E-state index is -0.320. The van der Waals surface area contributed by atoms with E-state index in [0.717, 1.165) is 11.1 Å². The molecule has 0 saturated carbocycles. The molecule has 0 bridgehead atoms. The number of nitrogens with zero attached hydrogens (tertiary/aromatic N) is 1. The van der Waals surface area contributed by atoms with Crippen molar-refractivity contribution < 1.29 is 23.8 Å². The van der Waals surface area contributed by atoms with Gasteiger partial charge in [-0.3, -0.25) is 4.79 Å². The molecule has 1 fully saturated rings. The third kappa shape index (κ3) is 5.31. The number of amides is 1. The van der Waals surface area contributed by atoms with Crippen LogP contribution in [0.2, 0.25) is 0 Å². The Morgan fingerprint density at radius 1 is 1.15 bits per heavy atom. The maximum absolute atomic E-state index is 12.0. The van der Waals surface area contributed by atoms with Crippen molar-refractivity contribution in [2.45, 2.75) is 12.5 Å². The van der Waals surface area contributed by atoms with E-state index in [1.165, 1.54) is 7.11 Å². The number of benzene rings is 2. The molecular weight excluding hydrogens is 346 g/mol. The molecule has 3 rings (SSSR count). The summed E-state index contributed by atoms with van der Waals surface area (Å²) in [6.07, 6.45) is -0.212. The zero-order valence-electron chi connectivity index (χ0n) is 15.3. The van der Waals surface area contributed by atoms with Gasteiger partial charge in [0.15, 0.2) is 5.78 Å². The quantitative estimate of drug-likeness (QED) is 0.680. The molecular formula is C21H23NO5. The first-order chi connectivity index (χ1) is 13.2. The van der Waals surface area contributed by atoms with Gasteiger partial charge >= 0.3 is 6.09 Å². The smallest absolute Gasteiger partial charge is 0.410 e. The second-order valence-corrected chi connectivity index (χ2v) is 6.37. The fraction of sp³-hybridized carbons (Fsp3) is 0.333. The number of carbonyl (C=O) groups excluding carboxylic acids is 2. The highest BCUT2D eigenvalue weighted by Gasteiger charge is 2.31. The van der Waals surface area contributed by atoms with Gasteiger partial charge in [0.2, 0.25) is 0 Å². The molecule has 1 heterocycles. The Hall–Kier alpha value is -2.86. The third-order valence-corrected chi connectivity index (χ3v) is 4.32. The number of carbonyl (C=O) groups is 2. The topological polar surface area (TPSA) is 65.1 Å². The summed E-state index contributed by atoms with van der Waals surface area (Å²) < 4.78 is 16.0. The van der Waals surface area contributed by atoms with Crippen LogP contribution in [0.25, 0.3) is 0 Å². The first-order valence-electron chi connectivity index (χ1n) is 8.88. The maximum atomic E-state index is 12.0. The number of ketones is 1. The molecule has 1 atom stereocenters. The molecule has 1 aliphatic heterocycles. The van der Waals surface area contributed by atoms with Gasteiger partial charge in [0.05, 0.1) is 13.1 Å². The van der Waals surface area contributed by atoms with E-state index in [4.69, 9.17) is 14.2 Å². The average Bonchev–Trinajstić information content (AvgIpc) is 3.05. The molecule has 1 unspecified atom stereocenters. The molecule has 0 radical (unpaired) electrons. The lowest BCUT2D eigenvalue weighted by atomic mass is 10.1. The lowest BCUT2D eigenvalue weighted by Crippen LogP contribution is -2.29. The lowest BCUT2D eigenvalue weighted by Gasteiger charge is -2.14. The van der Waals surface area contributed by atoms with Crippen molar-refractivity contribution in [3.8, 4) is 5.75 Å². The Balaban J connectivity index is 1.44. The summed E-state index contributed by atoms with van der Waals surface area (Å²) in [5, 5.41) is 0. The first kappa shape index (κ1) is 18.9. The van der Waals surface area contributed by atoms with Crippen molar-refractivity contribution in [2.75, 3.05) is 33.4 Å². The van der Waals surface area contributed by atoms with E-state index in [-0.39, 0.29) is 24.6 Å². The van der Waals surface area contributed by atoms with Crippen LogP contribution < -0.4 is 4.74 Å². The fourth-order valence-electron chi connectivity index (χ4n) is 2.95. The summed E-state index contributed by atoms with van der Waals surface area (Å²) in [5.74, 6) is 0.733. The third-order valence-electron chi connectivity index (χ3n) is 4.32. The minimum Gasteiger partial charge on any atom is -0.492 e. The van der Waals surface area contributed by atoms with Crippen molar-refractivity contribution >= 4 is 11.9 Å². The van der Waals surface area contributed by atoms with E-state index in [0.29, 0.717) is 31.9 Å². The van der Waals surface area contributed by atoms with E-state index in [1.54, 1.807) is 4.90 Å². The van der Waals surface area contributed by atoms with Crippen LogP contribution in [-0.2, 0) is 20.7 Å². The van der Waals surface area contributed by atoms with Crippen molar-refractivity contribution in [3.63, 3.8) is 0 Å². The maximum Gasteiger partial charge on any atom is 0.410 e. The normalized spacial score (nSPS) is 16.3. The van der Waals surface area contributed by atoms with Gasteiger partial charge in [-0.05, 0) is 23.3 Å². The van der Waals surface area contributed by atoms with Crippen molar-refractivity contribution in [1.29, 1.82) is 0 Å². The Bertz CT molecular complexity index is 760. The van der Waals surface area contributed by atoms with Crippen LogP contribution in [0.4, 0.5) is 4.79 Å². The Labute approximate surface area is 158 Å². The standard InChI is InChI=1S/C21H23NO5/c1-25-15-18(23)13-16-7-9-19(10-8-16)26-12-11-22-14-20(27-21(22)24)17-5-3-2-4-6-17/h2-10,20H,11-15H2,1H3. The summed E-state index contributed by atoms with van der Waals surface area (Å²) in [4.78, 5) is 25.2. The van der Waals surface area contributed by atoms with Gasteiger partial charge in [0.1, 0.15) is 25.1 Å². The second-order valence-electron chi connectivity index (χ2n) is 6.37. The van der Waals surface area contributed by atoms with E-state index >= 15 is 0 Å². The molecule has 2 aromatic rings. The summed E-state index contributed by atoms with van der Waals surface area (Å²) >= 11 is 0. The van der Waals surface area contributed by atoms with Gasteiger partial charge in [-0.15, -0.1) is 0 Å². The van der Waals surface area contributed by atoms with Gasteiger partial charge in [0, 0.05) is 13.5 Å². The lowest BCUT2D eigenvalue weighted by molar-refractivity contribution is -0.121. The van der Waals surface area contributed by atoms with Gasteiger partial charge in [-0.2, -0.15) is 0 Å².